The SMILES string of the molecule is O=C(O)c1cnnc2c(CCl)cccc12. The molecule has 4 nitrogen and oxygen atoms in total. The van der Waals surface area contributed by atoms with E-state index in [2.05, 4.69) is 10.2 Å². The van der Waals surface area contributed by atoms with E-state index in [-0.39, 0.29) is 11.4 Å². The third kappa shape index (κ3) is 1.64. The Morgan fingerprint density at radius 1 is 1.47 bits per heavy atom. The van der Waals surface area contributed by atoms with Crippen molar-refractivity contribution in [2.24, 2.45) is 0 Å². The molecule has 2 aromatic rings. The van der Waals surface area contributed by atoms with Crippen molar-refractivity contribution < 1.29 is 9.90 Å². The zero-order chi connectivity index (χ0) is 10.8. The van der Waals surface area contributed by atoms with Crippen molar-refractivity contribution >= 4 is 28.5 Å². The standard InChI is InChI=1S/C10H7ClN2O2/c11-4-6-2-1-3-7-8(10(14)15)5-12-13-9(6)7/h1-3,5H,4H2,(H,14,15). The lowest BCUT2D eigenvalue weighted by atomic mass is 10.1. The Morgan fingerprint density at radius 2 is 2.27 bits per heavy atom. The van der Waals surface area contributed by atoms with Crippen LogP contribution in [0.1, 0.15) is 15.9 Å². The highest BCUT2D eigenvalue weighted by atomic mass is 35.5. The van der Waals surface area contributed by atoms with Crippen LogP contribution in [-0.2, 0) is 5.88 Å². The van der Waals surface area contributed by atoms with Crippen molar-refractivity contribution in [1.82, 2.24) is 10.2 Å². The molecule has 76 valence electrons. The maximum atomic E-state index is 10.9. The van der Waals surface area contributed by atoms with Gasteiger partial charge in [-0.05, 0) is 5.56 Å². The topological polar surface area (TPSA) is 63.1 Å². The average molecular weight is 223 g/mol. The fraction of sp³-hybridized carbons (Fsp3) is 0.100. The van der Waals surface area contributed by atoms with Gasteiger partial charge < -0.3 is 5.11 Å². The monoisotopic (exact) mass is 222 g/mol. The van der Waals surface area contributed by atoms with Gasteiger partial charge in [0.05, 0.1) is 17.3 Å². The molecular formula is C10H7ClN2O2. The number of hydrogen-bond acceptors (Lipinski definition) is 3. The van der Waals surface area contributed by atoms with Crippen molar-refractivity contribution in [3.8, 4) is 0 Å². The van der Waals surface area contributed by atoms with Crippen LogP contribution in [0.3, 0.4) is 0 Å². The largest absolute Gasteiger partial charge is 0.478 e. The molecule has 1 aromatic carbocycles. The molecular weight excluding hydrogens is 216 g/mol. The van der Waals surface area contributed by atoms with Crippen molar-refractivity contribution in [3.05, 3.63) is 35.5 Å². The maximum absolute atomic E-state index is 10.9. The minimum absolute atomic E-state index is 0.145. The fourth-order valence-electron chi connectivity index (χ4n) is 1.42. The van der Waals surface area contributed by atoms with Gasteiger partial charge >= 0.3 is 5.97 Å². The molecule has 0 radical (unpaired) electrons. The van der Waals surface area contributed by atoms with Crippen LogP contribution in [0.5, 0.6) is 0 Å². The van der Waals surface area contributed by atoms with Crippen molar-refractivity contribution in [1.29, 1.82) is 0 Å². The summed E-state index contributed by atoms with van der Waals surface area (Å²) in [5.41, 5.74) is 1.48. The number of aromatic nitrogens is 2. The van der Waals surface area contributed by atoms with E-state index >= 15 is 0 Å². The van der Waals surface area contributed by atoms with Crippen molar-refractivity contribution in [2.75, 3.05) is 0 Å². The van der Waals surface area contributed by atoms with Crippen molar-refractivity contribution in [2.45, 2.75) is 5.88 Å². The number of nitrogens with zero attached hydrogens (tertiary/aromatic N) is 2. The van der Waals surface area contributed by atoms with Crippen LogP contribution in [0.25, 0.3) is 10.9 Å². The second-order valence-corrected chi connectivity index (χ2v) is 3.28. The third-order valence-corrected chi connectivity index (χ3v) is 2.42. The minimum atomic E-state index is -1.01. The lowest BCUT2D eigenvalue weighted by molar-refractivity contribution is 0.0698. The molecule has 0 spiro atoms. The van der Waals surface area contributed by atoms with Crippen molar-refractivity contribution in [3.63, 3.8) is 0 Å². The second-order valence-electron chi connectivity index (χ2n) is 3.01. The summed E-state index contributed by atoms with van der Waals surface area (Å²) >= 11 is 5.72. The predicted octanol–water partition coefficient (Wildman–Crippen LogP) is 2.07. The molecule has 2 rings (SSSR count). The quantitative estimate of drug-likeness (QED) is 0.790. The molecule has 0 atom stereocenters. The molecule has 0 bridgehead atoms. The van der Waals surface area contributed by atoms with Crippen LogP contribution in [0.2, 0.25) is 0 Å². The highest BCUT2D eigenvalue weighted by molar-refractivity contribution is 6.18. The van der Waals surface area contributed by atoms with Gasteiger partial charge in [-0.15, -0.1) is 11.6 Å². The first-order valence-electron chi connectivity index (χ1n) is 4.26. The highest BCUT2D eigenvalue weighted by Gasteiger charge is 2.11. The summed E-state index contributed by atoms with van der Waals surface area (Å²) in [5, 5.41) is 17.1. The number of carboxylic acids is 1. The lowest BCUT2D eigenvalue weighted by Crippen LogP contribution is -2.01. The van der Waals surface area contributed by atoms with Gasteiger partial charge in [0.2, 0.25) is 0 Å². The Hall–Kier alpha value is -1.68. The molecule has 0 aliphatic heterocycles. The Kier molecular flexibility index (Phi) is 2.51. The number of benzene rings is 1. The molecule has 1 heterocycles. The number of halogens is 1. The summed E-state index contributed by atoms with van der Waals surface area (Å²) in [6.07, 6.45) is 1.24. The van der Waals surface area contributed by atoms with E-state index in [1.807, 2.05) is 0 Å². The van der Waals surface area contributed by atoms with Gasteiger partial charge in [-0.3, -0.25) is 0 Å². The Labute approximate surface area is 90.5 Å². The van der Waals surface area contributed by atoms with E-state index in [0.717, 1.165) is 5.56 Å². The maximum Gasteiger partial charge on any atom is 0.338 e. The summed E-state index contributed by atoms with van der Waals surface area (Å²) in [4.78, 5) is 10.9. The number of carboxylic acid groups (broad SMARTS) is 1. The normalized spacial score (nSPS) is 10.5. The van der Waals surface area contributed by atoms with Gasteiger partial charge in [0.25, 0.3) is 0 Å². The van der Waals surface area contributed by atoms with E-state index in [1.54, 1.807) is 18.2 Å². The van der Waals surface area contributed by atoms with E-state index in [1.165, 1.54) is 6.20 Å². The summed E-state index contributed by atoms with van der Waals surface area (Å²) < 4.78 is 0. The van der Waals surface area contributed by atoms with Gasteiger partial charge in [-0.2, -0.15) is 10.2 Å². The molecule has 0 aliphatic rings. The molecule has 0 saturated carbocycles. The highest BCUT2D eigenvalue weighted by Crippen LogP contribution is 2.20. The average Bonchev–Trinajstić information content (AvgIpc) is 2.27. The summed E-state index contributed by atoms with van der Waals surface area (Å²) in [5.74, 6) is -0.726. The summed E-state index contributed by atoms with van der Waals surface area (Å²) in [6.45, 7) is 0. The molecule has 1 N–H and O–H groups in total. The van der Waals surface area contributed by atoms with Gasteiger partial charge in [-0.25, -0.2) is 4.79 Å². The first-order chi connectivity index (χ1) is 7.24. The van der Waals surface area contributed by atoms with E-state index < -0.39 is 5.97 Å². The van der Waals surface area contributed by atoms with Crippen LogP contribution >= 0.6 is 11.6 Å². The molecule has 0 saturated heterocycles. The van der Waals surface area contributed by atoms with Gasteiger partial charge in [-0.1, -0.05) is 18.2 Å². The van der Waals surface area contributed by atoms with Crippen LogP contribution in [0.15, 0.2) is 24.4 Å². The van der Waals surface area contributed by atoms with Crippen LogP contribution in [-0.4, -0.2) is 21.3 Å². The Morgan fingerprint density at radius 3 is 2.93 bits per heavy atom. The molecule has 0 fully saturated rings. The molecule has 0 aliphatic carbocycles. The number of aromatic carboxylic acids is 1. The number of rotatable bonds is 2. The Balaban J connectivity index is 2.82. The summed E-state index contributed by atoms with van der Waals surface area (Å²) in [7, 11) is 0. The molecule has 0 amide bonds. The first kappa shape index (κ1) is 9.86. The van der Waals surface area contributed by atoms with Crippen LogP contribution in [0.4, 0.5) is 0 Å². The van der Waals surface area contributed by atoms with E-state index in [0.29, 0.717) is 10.9 Å². The van der Waals surface area contributed by atoms with Gasteiger partial charge in [0.1, 0.15) is 0 Å². The fourth-order valence-corrected chi connectivity index (χ4v) is 1.63. The van der Waals surface area contributed by atoms with Crippen LogP contribution in [0, 0.1) is 0 Å². The smallest absolute Gasteiger partial charge is 0.338 e. The molecule has 15 heavy (non-hydrogen) atoms. The predicted molar refractivity (Wildman–Crippen MR) is 56.1 cm³/mol. The minimum Gasteiger partial charge on any atom is -0.478 e. The van der Waals surface area contributed by atoms with E-state index in [9.17, 15) is 4.79 Å². The number of carbonyl (C=O) groups is 1. The molecule has 1 aromatic heterocycles. The molecule has 5 heteroatoms. The van der Waals surface area contributed by atoms with E-state index in [4.69, 9.17) is 16.7 Å². The van der Waals surface area contributed by atoms with Gasteiger partial charge in [0, 0.05) is 11.3 Å². The third-order valence-electron chi connectivity index (χ3n) is 2.13. The zero-order valence-electron chi connectivity index (χ0n) is 7.64. The number of hydrogen-bond donors (Lipinski definition) is 1. The second kappa shape index (κ2) is 3.82. The molecule has 0 unspecified atom stereocenters. The van der Waals surface area contributed by atoms with Gasteiger partial charge in [0.15, 0.2) is 0 Å². The summed E-state index contributed by atoms with van der Waals surface area (Å²) in [6, 6.07) is 5.26. The number of alkyl halides is 1. The van der Waals surface area contributed by atoms with Crippen LogP contribution < -0.4 is 0 Å². The Bertz CT molecular complexity index is 528. The zero-order valence-corrected chi connectivity index (χ0v) is 8.40. The number of fused-ring (bicyclic) bond motifs is 1. The lowest BCUT2D eigenvalue weighted by Gasteiger charge is -2.03. The first-order valence-corrected chi connectivity index (χ1v) is 4.80.